The van der Waals surface area contributed by atoms with Crippen LogP contribution in [0.15, 0.2) is 66.9 Å². The van der Waals surface area contributed by atoms with Gasteiger partial charge in [-0.15, -0.1) is 0 Å². The van der Waals surface area contributed by atoms with Gasteiger partial charge in [-0.2, -0.15) is 0 Å². The maximum atomic E-state index is 13.7. The number of rotatable bonds is 6. The van der Waals surface area contributed by atoms with Crippen molar-refractivity contribution in [2.75, 3.05) is 10.6 Å². The first-order valence-corrected chi connectivity index (χ1v) is 8.38. The van der Waals surface area contributed by atoms with E-state index in [-0.39, 0.29) is 24.1 Å². The first-order valence-electron chi connectivity index (χ1n) is 8.38. The molecule has 0 aliphatic heterocycles. The second kappa shape index (κ2) is 8.23. The van der Waals surface area contributed by atoms with Gasteiger partial charge < -0.3 is 10.6 Å². The Morgan fingerprint density at radius 1 is 1.00 bits per heavy atom. The Labute approximate surface area is 156 Å². The first-order chi connectivity index (χ1) is 13.0. The largest absolute Gasteiger partial charge is 0.366 e. The van der Waals surface area contributed by atoms with Crippen molar-refractivity contribution >= 4 is 23.2 Å². The number of halogens is 1. The number of amides is 1. The Hall–Kier alpha value is -3.54. The quantitative estimate of drug-likeness (QED) is 0.641. The van der Waals surface area contributed by atoms with Crippen molar-refractivity contribution in [3.8, 4) is 0 Å². The Kier molecular flexibility index (Phi) is 5.56. The molecule has 0 fully saturated rings. The standard InChI is InChI=1S/C21H18FN3O2/c1-14(26)15-6-4-7-18(11-15)25-21(27)16-9-10-23-20(12-16)24-13-17-5-2-3-8-19(17)22/h2-12H,13H2,1H3,(H,23,24)(H,25,27). The van der Waals surface area contributed by atoms with Gasteiger partial charge in [0.1, 0.15) is 11.6 Å². The van der Waals surface area contributed by atoms with E-state index in [0.717, 1.165) is 0 Å². The molecule has 3 aromatic rings. The van der Waals surface area contributed by atoms with E-state index >= 15 is 0 Å². The number of nitrogens with one attached hydrogen (secondary N) is 2. The van der Waals surface area contributed by atoms with Gasteiger partial charge in [-0.3, -0.25) is 9.59 Å². The first kappa shape index (κ1) is 18.3. The van der Waals surface area contributed by atoms with Crippen LogP contribution in [0, 0.1) is 5.82 Å². The van der Waals surface area contributed by atoms with Gasteiger partial charge in [-0.1, -0.05) is 30.3 Å². The van der Waals surface area contributed by atoms with Gasteiger partial charge in [0.15, 0.2) is 5.78 Å². The summed E-state index contributed by atoms with van der Waals surface area (Å²) < 4.78 is 13.7. The van der Waals surface area contributed by atoms with E-state index < -0.39 is 0 Å². The molecule has 0 aliphatic carbocycles. The number of benzene rings is 2. The number of ketones is 1. The molecule has 0 saturated carbocycles. The average Bonchev–Trinajstić information content (AvgIpc) is 2.68. The van der Waals surface area contributed by atoms with Crippen molar-refractivity contribution in [3.63, 3.8) is 0 Å². The highest BCUT2D eigenvalue weighted by atomic mass is 19.1. The molecule has 27 heavy (non-hydrogen) atoms. The fourth-order valence-electron chi connectivity index (χ4n) is 2.52. The lowest BCUT2D eigenvalue weighted by molar-refractivity contribution is 0.101. The summed E-state index contributed by atoms with van der Waals surface area (Å²) >= 11 is 0. The van der Waals surface area contributed by atoms with Gasteiger partial charge in [0, 0.05) is 35.1 Å². The van der Waals surface area contributed by atoms with Gasteiger partial charge in [0.25, 0.3) is 5.91 Å². The lowest BCUT2D eigenvalue weighted by atomic mass is 10.1. The van der Waals surface area contributed by atoms with Crippen LogP contribution in [-0.4, -0.2) is 16.7 Å². The molecule has 3 rings (SSSR count). The molecular formula is C21H18FN3O2. The number of pyridine rings is 1. The van der Waals surface area contributed by atoms with Crippen molar-refractivity contribution in [2.45, 2.75) is 13.5 Å². The van der Waals surface area contributed by atoms with Crippen LogP contribution in [0.25, 0.3) is 0 Å². The summed E-state index contributed by atoms with van der Waals surface area (Å²) in [5.41, 5.74) is 1.96. The molecule has 1 aromatic heterocycles. The highest BCUT2D eigenvalue weighted by Crippen LogP contribution is 2.15. The van der Waals surface area contributed by atoms with E-state index in [1.54, 1.807) is 54.6 Å². The smallest absolute Gasteiger partial charge is 0.255 e. The maximum absolute atomic E-state index is 13.7. The monoisotopic (exact) mass is 363 g/mol. The number of anilines is 2. The molecular weight excluding hydrogens is 345 g/mol. The zero-order valence-electron chi connectivity index (χ0n) is 14.7. The Bertz CT molecular complexity index is 988. The predicted octanol–water partition coefficient (Wildman–Crippen LogP) is 4.29. The van der Waals surface area contributed by atoms with E-state index in [1.165, 1.54) is 19.2 Å². The minimum Gasteiger partial charge on any atom is -0.366 e. The molecule has 0 spiro atoms. The van der Waals surface area contributed by atoms with E-state index in [4.69, 9.17) is 0 Å². The normalized spacial score (nSPS) is 10.3. The number of nitrogens with zero attached hydrogens (tertiary/aromatic N) is 1. The van der Waals surface area contributed by atoms with Crippen molar-refractivity contribution < 1.29 is 14.0 Å². The summed E-state index contributed by atoms with van der Waals surface area (Å²) in [7, 11) is 0. The second-order valence-corrected chi connectivity index (χ2v) is 5.97. The molecule has 2 N–H and O–H groups in total. The fraction of sp³-hybridized carbons (Fsp3) is 0.0952. The molecule has 0 unspecified atom stereocenters. The highest BCUT2D eigenvalue weighted by Gasteiger charge is 2.09. The summed E-state index contributed by atoms with van der Waals surface area (Å²) in [6.45, 7) is 1.72. The van der Waals surface area contributed by atoms with Gasteiger partial charge in [0.2, 0.25) is 0 Å². The summed E-state index contributed by atoms with van der Waals surface area (Å²) in [6.07, 6.45) is 1.50. The molecule has 1 amide bonds. The van der Waals surface area contributed by atoms with Crippen molar-refractivity contribution in [3.05, 3.63) is 89.4 Å². The van der Waals surface area contributed by atoms with E-state index in [9.17, 15) is 14.0 Å². The van der Waals surface area contributed by atoms with Crippen LogP contribution >= 0.6 is 0 Å². The third-order valence-electron chi connectivity index (χ3n) is 3.97. The third-order valence-corrected chi connectivity index (χ3v) is 3.97. The van der Waals surface area contributed by atoms with Crippen molar-refractivity contribution in [1.29, 1.82) is 0 Å². The average molecular weight is 363 g/mol. The maximum Gasteiger partial charge on any atom is 0.255 e. The summed E-state index contributed by atoms with van der Waals surface area (Å²) in [4.78, 5) is 28.1. The lowest BCUT2D eigenvalue weighted by Crippen LogP contribution is -2.13. The summed E-state index contributed by atoms with van der Waals surface area (Å²) in [6, 6.07) is 16.4. The van der Waals surface area contributed by atoms with Crippen LogP contribution in [0.5, 0.6) is 0 Å². The zero-order valence-corrected chi connectivity index (χ0v) is 14.7. The van der Waals surface area contributed by atoms with Crippen molar-refractivity contribution in [2.24, 2.45) is 0 Å². The molecule has 136 valence electrons. The highest BCUT2D eigenvalue weighted by molar-refractivity contribution is 6.05. The number of carbonyl (C=O) groups excluding carboxylic acids is 2. The van der Waals surface area contributed by atoms with Crippen LogP contribution in [0.2, 0.25) is 0 Å². The molecule has 0 aliphatic rings. The van der Waals surface area contributed by atoms with Crippen LogP contribution in [0.3, 0.4) is 0 Å². The Morgan fingerprint density at radius 2 is 1.81 bits per heavy atom. The molecule has 2 aromatic carbocycles. The van der Waals surface area contributed by atoms with Gasteiger partial charge in [0.05, 0.1) is 0 Å². The lowest BCUT2D eigenvalue weighted by Gasteiger charge is -2.09. The third kappa shape index (κ3) is 4.76. The van der Waals surface area contributed by atoms with Crippen LogP contribution < -0.4 is 10.6 Å². The second-order valence-electron chi connectivity index (χ2n) is 5.97. The van der Waals surface area contributed by atoms with Crippen LogP contribution in [-0.2, 0) is 6.54 Å². The molecule has 0 atom stereocenters. The minimum atomic E-state index is -0.327. The minimum absolute atomic E-state index is 0.0744. The Balaban J connectivity index is 1.69. The molecule has 0 saturated heterocycles. The summed E-state index contributed by atoms with van der Waals surface area (Å²) in [5, 5.41) is 5.77. The summed E-state index contributed by atoms with van der Waals surface area (Å²) in [5.74, 6) is -0.241. The van der Waals surface area contributed by atoms with Gasteiger partial charge in [-0.05, 0) is 37.3 Å². The molecule has 0 bridgehead atoms. The molecule has 1 heterocycles. The molecule has 5 nitrogen and oxygen atoms in total. The number of hydrogen-bond acceptors (Lipinski definition) is 4. The number of aromatic nitrogens is 1. The SMILES string of the molecule is CC(=O)c1cccc(NC(=O)c2ccnc(NCc3ccccc3F)c2)c1. The van der Waals surface area contributed by atoms with E-state index in [2.05, 4.69) is 15.6 Å². The van der Waals surface area contributed by atoms with Crippen LogP contribution in [0.1, 0.15) is 33.2 Å². The van der Waals surface area contributed by atoms with Crippen molar-refractivity contribution in [1.82, 2.24) is 4.98 Å². The number of hydrogen-bond donors (Lipinski definition) is 2. The van der Waals surface area contributed by atoms with E-state index in [0.29, 0.717) is 28.2 Å². The Morgan fingerprint density at radius 3 is 2.59 bits per heavy atom. The van der Waals surface area contributed by atoms with E-state index in [1.807, 2.05) is 0 Å². The van der Waals surface area contributed by atoms with Gasteiger partial charge in [-0.25, -0.2) is 9.37 Å². The molecule has 0 radical (unpaired) electrons. The number of carbonyl (C=O) groups is 2. The zero-order chi connectivity index (χ0) is 19.2. The molecule has 6 heteroatoms. The van der Waals surface area contributed by atoms with Crippen LogP contribution in [0.4, 0.5) is 15.9 Å². The predicted molar refractivity (Wildman–Crippen MR) is 102 cm³/mol. The topological polar surface area (TPSA) is 71.1 Å². The number of Topliss-reactive ketones (excluding diaryl/α,β-unsaturated/α-hetero) is 1. The fourth-order valence-corrected chi connectivity index (χ4v) is 2.52. The van der Waals surface area contributed by atoms with Gasteiger partial charge >= 0.3 is 0 Å².